The lowest BCUT2D eigenvalue weighted by Gasteiger charge is -2.23. The van der Waals surface area contributed by atoms with Gasteiger partial charge in [-0.1, -0.05) is 0 Å². The lowest BCUT2D eigenvalue weighted by molar-refractivity contribution is -0.159. The minimum absolute atomic E-state index is 0.00776. The van der Waals surface area contributed by atoms with Crippen LogP contribution < -0.4 is 14.8 Å². The standard InChI is InChI=1S/C23H27FN4O7S/c1-5-34-23(31)22(30)28-9-14-11-35-19-18(21(29)25-15-6-7-16(24)12(2)8-15)27(4)13(3)20(19)36(32,33)26-17(14)10-28/h6-8,14,17,26H,5,9-11H2,1-4H3,(H,25,29)/t14-,17-/m0/s1. The molecule has 2 aromatic rings. The maximum absolute atomic E-state index is 13.6. The van der Waals surface area contributed by atoms with Crippen LogP contribution in [0.5, 0.6) is 5.75 Å². The molecule has 194 valence electrons. The highest BCUT2D eigenvalue weighted by Gasteiger charge is 2.44. The molecule has 1 aromatic carbocycles. The average molecular weight is 523 g/mol. The van der Waals surface area contributed by atoms with Crippen LogP contribution in [0.3, 0.4) is 0 Å². The molecule has 1 saturated heterocycles. The van der Waals surface area contributed by atoms with Gasteiger partial charge in [0.1, 0.15) is 10.7 Å². The molecule has 0 spiro atoms. The molecule has 1 fully saturated rings. The van der Waals surface area contributed by atoms with Crippen molar-refractivity contribution in [1.29, 1.82) is 0 Å². The highest BCUT2D eigenvalue weighted by Crippen LogP contribution is 2.37. The zero-order chi connectivity index (χ0) is 26.4. The van der Waals surface area contributed by atoms with Gasteiger partial charge >= 0.3 is 11.9 Å². The van der Waals surface area contributed by atoms with E-state index >= 15 is 0 Å². The summed E-state index contributed by atoms with van der Waals surface area (Å²) in [5.74, 6) is -3.51. The first-order chi connectivity index (χ1) is 16.9. The number of nitrogens with zero attached hydrogens (tertiary/aromatic N) is 2. The largest absolute Gasteiger partial charge is 0.489 e. The Morgan fingerprint density at radius 3 is 2.64 bits per heavy atom. The smallest absolute Gasteiger partial charge is 0.397 e. The molecular formula is C23H27FN4O7S. The number of carbonyl (C=O) groups excluding carboxylic acids is 3. The van der Waals surface area contributed by atoms with E-state index in [0.717, 1.165) is 0 Å². The van der Waals surface area contributed by atoms with Crippen LogP contribution in [-0.4, -0.2) is 68.0 Å². The SMILES string of the molecule is CCOC(=O)C(=O)N1C[C@H]2COc3c(c(C)n(C)c3C(=O)Nc3ccc(F)c(C)c3)S(=O)(=O)N[C@H]2C1. The fourth-order valence-corrected chi connectivity index (χ4v) is 6.18. The van der Waals surface area contributed by atoms with Gasteiger partial charge in [0.25, 0.3) is 5.91 Å². The molecule has 13 heteroatoms. The first-order valence-electron chi connectivity index (χ1n) is 11.3. The molecule has 0 saturated carbocycles. The summed E-state index contributed by atoms with van der Waals surface area (Å²) in [6, 6.07) is 3.39. The number of likely N-dealkylation sites (tertiary alicyclic amines) is 1. The summed E-state index contributed by atoms with van der Waals surface area (Å²) in [6.07, 6.45) is 0. The van der Waals surface area contributed by atoms with E-state index in [0.29, 0.717) is 11.3 Å². The number of amides is 2. The Kier molecular flexibility index (Phi) is 6.80. The molecule has 2 aliphatic heterocycles. The number of anilines is 1. The number of rotatable bonds is 3. The number of hydrogen-bond donors (Lipinski definition) is 2. The highest BCUT2D eigenvalue weighted by molar-refractivity contribution is 7.89. The molecule has 4 rings (SSSR count). The summed E-state index contributed by atoms with van der Waals surface area (Å²) in [5.41, 5.74) is 0.922. The van der Waals surface area contributed by atoms with Crippen molar-refractivity contribution in [3.63, 3.8) is 0 Å². The van der Waals surface area contributed by atoms with Crippen LogP contribution in [0.25, 0.3) is 0 Å². The average Bonchev–Trinajstić information content (AvgIpc) is 3.30. The van der Waals surface area contributed by atoms with Crippen LogP contribution in [0.4, 0.5) is 10.1 Å². The summed E-state index contributed by atoms with van der Waals surface area (Å²) >= 11 is 0. The Morgan fingerprint density at radius 1 is 1.25 bits per heavy atom. The normalized spacial score (nSPS) is 20.4. The molecular weight excluding hydrogens is 495 g/mol. The van der Waals surface area contributed by atoms with Crippen molar-refractivity contribution in [3.8, 4) is 5.75 Å². The molecule has 36 heavy (non-hydrogen) atoms. The lowest BCUT2D eigenvalue weighted by atomic mass is 10.1. The van der Waals surface area contributed by atoms with E-state index in [9.17, 15) is 27.2 Å². The molecule has 3 heterocycles. The number of benzene rings is 1. The second-order valence-electron chi connectivity index (χ2n) is 8.80. The number of esters is 1. The van der Waals surface area contributed by atoms with Crippen molar-refractivity contribution >= 4 is 33.5 Å². The number of ether oxygens (including phenoxy) is 2. The third-order valence-electron chi connectivity index (χ3n) is 6.41. The van der Waals surface area contributed by atoms with Crippen molar-refractivity contribution in [2.45, 2.75) is 31.7 Å². The number of nitrogens with one attached hydrogen (secondary N) is 2. The quantitative estimate of drug-likeness (QED) is 0.455. The first-order valence-corrected chi connectivity index (χ1v) is 12.8. The van der Waals surface area contributed by atoms with Crippen LogP contribution in [0.2, 0.25) is 0 Å². The Labute approximate surface area is 207 Å². The summed E-state index contributed by atoms with van der Waals surface area (Å²) in [5, 5.41) is 2.66. The number of hydrogen-bond acceptors (Lipinski definition) is 7. The second kappa shape index (κ2) is 9.54. The van der Waals surface area contributed by atoms with Crippen LogP contribution >= 0.6 is 0 Å². The molecule has 1 aromatic heterocycles. The fourth-order valence-electron chi connectivity index (χ4n) is 4.47. The topological polar surface area (TPSA) is 136 Å². The monoisotopic (exact) mass is 522 g/mol. The van der Waals surface area contributed by atoms with Crippen molar-refractivity contribution < 1.29 is 36.7 Å². The zero-order valence-corrected chi connectivity index (χ0v) is 21.1. The number of aromatic nitrogens is 1. The van der Waals surface area contributed by atoms with Crippen molar-refractivity contribution in [3.05, 3.63) is 41.0 Å². The van der Waals surface area contributed by atoms with E-state index in [1.807, 2.05) is 0 Å². The molecule has 0 radical (unpaired) electrons. The van der Waals surface area contributed by atoms with Crippen LogP contribution in [0.15, 0.2) is 23.1 Å². The van der Waals surface area contributed by atoms with E-state index in [-0.39, 0.29) is 48.3 Å². The third kappa shape index (κ3) is 4.55. The molecule has 11 nitrogen and oxygen atoms in total. The van der Waals surface area contributed by atoms with Gasteiger partial charge in [0.2, 0.25) is 10.0 Å². The minimum atomic E-state index is -4.17. The predicted molar refractivity (Wildman–Crippen MR) is 126 cm³/mol. The Balaban J connectivity index is 1.64. The summed E-state index contributed by atoms with van der Waals surface area (Å²) in [4.78, 5) is 38.5. The molecule has 0 bridgehead atoms. The van der Waals surface area contributed by atoms with Gasteiger partial charge < -0.3 is 24.3 Å². The lowest BCUT2D eigenvalue weighted by Crippen LogP contribution is -2.44. The first kappa shape index (κ1) is 25.6. The summed E-state index contributed by atoms with van der Waals surface area (Å²) in [6.45, 7) is 4.76. The maximum Gasteiger partial charge on any atom is 0.397 e. The second-order valence-corrected chi connectivity index (χ2v) is 10.4. The van der Waals surface area contributed by atoms with Gasteiger partial charge in [-0.2, -0.15) is 0 Å². The van der Waals surface area contributed by atoms with Crippen LogP contribution in [0, 0.1) is 25.6 Å². The van der Waals surface area contributed by atoms with E-state index in [4.69, 9.17) is 9.47 Å². The van der Waals surface area contributed by atoms with E-state index in [1.54, 1.807) is 27.8 Å². The van der Waals surface area contributed by atoms with Gasteiger partial charge in [-0.3, -0.25) is 9.59 Å². The molecule has 2 N–H and O–H groups in total. The third-order valence-corrected chi connectivity index (χ3v) is 8.05. The van der Waals surface area contributed by atoms with Crippen molar-refractivity contribution in [1.82, 2.24) is 14.2 Å². The summed E-state index contributed by atoms with van der Waals surface area (Å²) < 4.78 is 55.1. The number of sulfonamides is 1. The minimum Gasteiger partial charge on any atom is -0.489 e. The molecule has 2 amide bonds. The van der Waals surface area contributed by atoms with E-state index in [2.05, 4.69) is 10.0 Å². The zero-order valence-electron chi connectivity index (χ0n) is 20.3. The molecule has 2 atom stereocenters. The maximum atomic E-state index is 13.6. The van der Waals surface area contributed by atoms with Gasteiger partial charge in [-0.25, -0.2) is 22.3 Å². The van der Waals surface area contributed by atoms with Gasteiger partial charge in [-0.15, -0.1) is 0 Å². The van der Waals surface area contributed by atoms with Crippen molar-refractivity contribution in [2.75, 3.05) is 31.6 Å². The Morgan fingerprint density at radius 2 is 1.97 bits per heavy atom. The van der Waals surface area contributed by atoms with Crippen molar-refractivity contribution in [2.24, 2.45) is 13.0 Å². The van der Waals surface area contributed by atoms with Crippen LogP contribution in [0.1, 0.15) is 28.7 Å². The van der Waals surface area contributed by atoms with Gasteiger partial charge in [0.05, 0.1) is 13.2 Å². The number of halogens is 1. The van der Waals surface area contributed by atoms with Gasteiger partial charge in [-0.05, 0) is 44.5 Å². The Bertz CT molecular complexity index is 1350. The summed E-state index contributed by atoms with van der Waals surface area (Å²) in [7, 11) is -2.62. The van der Waals surface area contributed by atoms with Gasteiger partial charge in [0, 0.05) is 43.5 Å². The van der Waals surface area contributed by atoms with E-state index < -0.39 is 45.6 Å². The predicted octanol–water partition coefficient (Wildman–Crippen LogP) is 1.09. The van der Waals surface area contributed by atoms with E-state index in [1.165, 1.54) is 27.7 Å². The number of fused-ring (bicyclic) bond motifs is 2. The fraction of sp³-hybridized carbons (Fsp3) is 0.435. The molecule has 0 aliphatic carbocycles. The van der Waals surface area contributed by atoms with Gasteiger partial charge in [0.15, 0.2) is 11.4 Å². The number of aryl methyl sites for hydroxylation is 1. The number of carbonyl (C=O) groups is 3. The molecule has 0 unspecified atom stereocenters. The highest BCUT2D eigenvalue weighted by atomic mass is 32.2. The molecule has 2 aliphatic rings. The van der Waals surface area contributed by atoms with Crippen LogP contribution in [-0.2, 0) is 31.4 Å². The Hall–Kier alpha value is -3.45.